The summed E-state index contributed by atoms with van der Waals surface area (Å²) in [4.78, 5) is 12.3. The van der Waals surface area contributed by atoms with Crippen molar-refractivity contribution in [2.24, 2.45) is 0 Å². The molecule has 0 spiro atoms. The molecule has 29 heavy (non-hydrogen) atoms. The summed E-state index contributed by atoms with van der Waals surface area (Å²) in [5, 5.41) is 2.86. The standard InChI is InChI=1S/C24H25NO4/c1-27-21-15-11-20(12-16-21)25-24(26)19-9-13-23(14-10-19)29-18-6-5-17-28-22-7-3-2-4-8-22/h2-4,7-16H,5-6,17-18H2,1H3,(H,25,26). The molecule has 0 heterocycles. The Morgan fingerprint density at radius 1 is 0.724 bits per heavy atom. The van der Waals surface area contributed by atoms with E-state index >= 15 is 0 Å². The summed E-state index contributed by atoms with van der Waals surface area (Å²) >= 11 is 0. The molecule has 1 amide bonds. The third kappa shape index (κ3) is 6.57. The van der Waals surface area contributed by atoms with E-state index in [1.807, 2.05) is 42.5 Å². The number of carbonyl (C=O) groups is 1. The summed E-state index contributed by atoms with van der Waals surface area (Å²) in [6.45, 7) is 1.27. The minimum Gasteiger partial charge on any atom is -0.497 e. The number of carbonyl (C=O) groups excluding carboxylic acids is 1. The van der Waals surface area contributed by atoms with Gasteiger partial charge in [0.05, 0.1) is 20.3 Å². The molecule has 0 aliphatic carbocycles. The van der Waals surface area contributed by atoms with Crippen LogP contribution in [0.5, 0.6) is 17.2 Å². The van der Waals surface area contributed by atoms with E-state index in [1.54, 1.807) is 43.5 Å². The van der Waals surface area contributed by atoms with Gasteiger partial charge in [0.25, 0.3) is 5.91 Å². The van der Waals surface area contributed by atoms with Gasteiger partial charge in [-0.25, -0.2) is 0 Å². The van der Waals surface area contributed by atoms with E-state index < -0.39 is 0 Å². The van der Waals surface area contributed by atoms with Crippen molar-refractivity contribution >= 4 is 11.6 Å². The number of anilines is 1. The molecule has 0 aliphatic rings. The van der Waals surface area contributed by atoms with Crippen LogP contribution in [0.4, 0.5) is 5.69 Å². The third-order valence-electron chi connectivity index (χ3n) is 4.28. The van der Waals surface area contributed by atoms with Crippen LogP contribution in [0.15, 0.2) is 78.9 Å². The van der Waals surface area contributed by atoms with E-state index in [2.05, 4.69) is 5.32 Å². The van der Waals surface area contributed by atoms with E-state index in [0.717, 1.165) is 30.1 Å². The van der Waals surface area contributed by atoms with Gasteiger partial charge in [-0.2, -0.15) is 0 Å². The van der Waals surface area contributed by atoms with E-state index in [4.69, 9.17) is 14.2 Å². The molecule has 1 N–H and O–H groups in total. The second-order valence-electron chi connectivity index (χ2n) is 6.42. The van der Waals surface area contributed by atoms with E-state index in [-0.39, 0.29) is 5.91 Å². The number of nitrogens with one attached hydrogen (secondary N) is 1. The molecule has 0 saturated carbocycles. The van der Waals surface area contributed by atoms with Gasteiger partial charge >= 0.3 is 0 Å². The normalized spacial score (nSPS) is 10.2. The number of ether oxygens (including phenoxy) is 3. The summed E-state index contributed by atoms with van der Waals surface area (Å²) in [6.07, 6.45) is 1.81. The maximum Gasteiger partial charge on any atom is 0.255 e. The smallest absolute Gasteiger partial charge is 0.255 e. The molecule has 5 heteroatoms. The van der Waals surface area contributed by atoms with Gasteiger partial charge in [-0.3, -0.25) is 4.79 Å². The Labute approximate surface area is 171 Å². The van der Waals surface area contributed by atoms with E-state index in [0.29, 0.717) is 24.5 Å². The highest BCUT2D eigenvalue weighted by Gasteiger charge is 2.06. The van der Waals surface area contributed by atoms with Crippen LogP contribution in [0.3, 0.4) is 0 Å². The lowest BCUT2D eigenvalue weighted by molar-refractivity contribution is 0.102. The van der Waals surface area contributed by atoms with Gasteiger partial charge in [-0.1, -0.05) is 18.2 Å². The molecule has 3 aromatic rings. The van der Waals surface area contributed by atoms with Crippen molar-refractivity contribution in [3.05, 3.63) is 84.4 Å². The molecule has 3 aromatic carbocycles. The molecule has 0 fully saturated rings. The zero-order valence-electron chi connectivity index (χ0n) is 16.5. The van der Waals surface area contributed by atoms with Crippen LogP contribution in [0, 0.1) is 0 Å². The van der Waals surface area contributed by atoms with Crippen LogP contribution < -0.4 is 19.5 Å². The summed E-state index contributed by atoms with van der Waals surface area (Å²) in [7, 11) is 1.61. The number of hydrogen-bond donors (Lipinski definition) is 1. The number of hydrogen-bond acceptors (Lipinski definition) is 4. The van der Waals surface area contributed by atoms with Gasteiger partial charge in [0.2, 0.25) is 0 Å². The number of para-hydroxylation sites is 1. The average molecular weight is 391 g/mol. The SMILES string of the molecule is COc1ccc(NC(=O)c2ccc(OCCCCOc3ccccc3)cc2)cc1. The van der Waals surface area contributed by atoms with Gasteiger partial charge in [0.1, 0.15) is 17.2 Å². The van der Waals surface area contributed by atoms with Gasteiger partial charge in [-0.15, -0.1) is 0 Å². The molecule has 0 unspecified atom stereocenters. The minimum atomic E-state index is -0.167. The number of unbranched alkanes of at least 4 members (excludes halogenated alkanes) is 1. The summed E-state index contributed by atoms with van der Waals surface area (Å²) in [5.41, 5.74) is 1.29. The first-order valence-corrected chi connectivity index (χ1v) is 9.61. The van der Waals surface area contributed by atoms with Crippen molar-refractivity contribution < 1.29 is 19.0 Å². The highest BCUT2D eigenvalue weighted by Crippen LogP contribution is 2.17. The second-order valence-corrected chi connectivity index (χ2v) is 6.42. The third-order valence-corrected chi connectivity index (χ3v) is 4.28. The Bertz CT molecular complexity index is 877. The average Bonchev–Trinajstić information content (AvgIpc) is 2.78. The van der Waals surface area contributed by atoms with Crippen LogP contribution in [0.2, 0.25) is 0 Å². The Balaban J connectivity index is 1.37. The molecule has 150 valence electrons. The highest BCUT2D eigenvalue weighted by atomic mass is 16.5. The predicted octanol–water partition coefficient (Wildman–Crippen LogP) is 5.19. The minimum absolute atomic E-state index is 0.167. The second kappa shape index (κ2) is 10.8. The number of rotatable bonds is 10. The van der Waals surface area contributed by atoms with Crippen molar-refractivity contribution in [3.63, 3.8) is 0 Å². The van der Waals surface area contributed by atoms with Gasteiger partial charge < -0.3 is 19.5 Å². The largest absolute Gasteiger partial charge is 0.497 e. The maximum absolute atomic E-state index is 12.3. The zero-order valence-corrected chi connectivity index (χ0v) is 16.5. The zero-order chi connectivity index (χ0) is 20.3. The summed E-state index contributed by atoms with van der Waals surface area (Å²) < 4.78 is 16.5. The lowest BCUT2D eigenvalue weighted by atomic mass is 10.2. The fourth-order valence-electron chi connectivity index (χ4n) is 2.68. The quantitative estimate of drug-likeness (QED) is 0.484. The molecule has 0 aromatic heterocycles. The van der Waals surface area contributed by atoms with Crippen LogP contribution in [-0.2, 0) is 0 Å². The number of methoxy groups -OCH3 is 1. The molecule has 0 atom stereocenters. The number of amides is 1. The molecular weight excluding hydrogens is 366 g/mol. The van der Waals surface area contributed by atoms with Crippen LogP contribution >= 0.6 is 0 Å². The topological polar surface area (TPSA) is 56.8 Å². The molecule has 0 radical (unpaired) electrons. The fourth-order valence-corrected chi connectivity index (χ4v) is 2.68. The van der Waals surface area contributed by atoms with Crippen molar-refractivity contribution in [2.75, 3.05) is 25.6 Å². The summed E-state index contributed by atoms with van der Waals surface area (Å²) in [5.74, 6) is 2.21. The molecule has 0 saturated heterocycles. The molecule has 0 bridgehead atoms. The summed E-state index contributed by atoms with van der Waals surface area (Å²) in [6, 6.07) is 24.1. The van der Waals surface area contributed by atoms with Gasteiger partial charge in [-0.05, 0) is 73.5 Å². The first kappa shape index (κ1) is 20.3. The van der Waals surface area contributed by atoms with Crippen molar-refractivity contribution in [1.82, 2.24) is 0 Å². The van der Waals surface area contributed by atoms with Crippen LogP contribution in [0.1, 0.15) is 23.2 Å². The van der Waals surface area contributed by atoms with E-state index in [9.17, 15) is 4.79 Å². The molecule has 5 nitrogen and oxygen atoms in total. The monoisotopic (exact) mass is 391 g/mol. The van der Waals surface area contributed by atoms with Crippen molar-refractivity contribution in [3.8, 4) is 17.2 Å². The first-order chi connectivity index (χ1) is 14.2. The molecular formula is C24H25NO4. The molecule has 3 rings (SSSR count). The Kier molecular flexibility index (Phi) is 7.52. The van der Waals surface area contributed by atoms with Crippen molar-refractivity contribution in [2.45, 2.75) is 12.8 Å². The van der Waals surface area contributed by atoms with E-state index in [1.165, 1.54) is 0 Å². The number of benzene rings is 3. The Hall–Kier alpha value is -3.47. The van der Waals surface area contributed by atoms with Crippen molar-refractivity contribution in [1.29, 1.82) is 0 Å². The predicted molar refractivity (Wildman–Crippen MR) is 114 cm³/mol. The first-order valence-electron chi connectivity index (χ1n) is 9.61. The van der Waals surface area contributed by atoms with Crippen LogP contribution in [-0.4, -0.2) is 26.2 Å². The van der Waals surface area contributed by atoms with Gasteiger partial charge in [0.15, 0.2) is 0 Å². The fraction of sp³-hybridized carbons (Fsp3) is 0.208. The lowest BCUT2D eigenvalue weighted by Crippen LogP contribution is -2.11. The highest BCUT2D eigenvalue weighted by molar-refractivity contribution is 6.04. The maximum atomic E-state index is 12.3. The van der Waals surface area contributed by atoms with Crippen LogP contribution in [0.25, 0.3) is 0 Å². The lowest BCUT2D eigenvalue weighted by Gasteiger charge is -2.09. The Morgan fingerprint density at radius 3 is 1.86 bits per heavy atom. The molecule has 0 aliphatic heterocycles. The Morgan fingerprint density at radius 2 is 1.28 bits per heavy atom. The van der Waals surface area contributed by atoms with Gasteiger partial charge in [0, 0.05) is 11.3 Å².